The standard InChI is InChI=1S/C31H37FN8O2S/c1-4-26-30(36(3)31-35-27(20-43-31)22-5-7-23(32)8-6-22)40-18-25(9-10-28(40)34-26)38-15-13-37(14-16-38)19-29(42)39-12-11-24(17-39)33-21(2)41/h5-10,18,20,24H,4,11-17,19H2,1-3H3,(H,33,41). The van der Waals surface area contributed by atoms with E-state index in [2.05, 4.69) is 49.7 Å². The van der Waals surface area contributed by atoms with Crippen molar-refractivity contribution in [1.29, 1.82) is 0 Å². The molecule has 2 aliphatic heterocycles. The lowest BCUT2D eigenvalue weighted by atomic mass is 10.2. The highest BCUT2D eigenvalue weighted by Crippen LogP contribution is 2.34. The normalized spacial score (nSPS) is 17.5. The monoisotopic (exact) mass is 604 g/mol. The molecule has 43 heavy (non-hydrogen) atoms. The Balaban J connectivity index is 1.14. The molecule has 3 aromatic heterocycles. The third-order valence-corrected chi connectivity index (χ3v) is 9.18. The fraction of sp³-hybridized carbons (Fsp3) is 0.419. The summed E-state index contributed by atoms with van der Waals surface area (Å²) in [6.45, 7) is 8.56. The predicted octanol–water partition coefficient (Wildman–Crippen LogP) is 3.79. The van der Waals surface area contributed by atoms with Gasteiger partial charge in [0.15, 0.2) is 5.13 Å². The molecule has 2 amide bonds. The Morgan fingerprint density at radius 2 is 1.84 bits per heavy atom. The number of aromatic nitrogens is 3. The molecule has 10 nitrogen and oxygen atoms in total. The number of fused-ring (bicyclic) bond motifs is 1. The number of benzene rings is 1. The van der Waals surface area contributed by atoms with Crippen molar-refractivity contribution < 1.29 is 14.0 Å². The minimum Gasteiger partial charge on any atom is -0.368 e. The highest BCUT2D eigenvalue weighted by Gasteiger charge is 2.29. The first-order valence-corrected chi connectivity index (χ1v) is 15.7. The lowest BCUT2D eigenvalue weighted by Gasteiger charge is -2.36. The van der Waals surface area contributed by atoms with Crippen LogP contribution in [0.4, 0.5) is 21.0 Å². The molecule has 4 aromatic rings. The number of anilines is 3. The molecule has 0 saturated carbocycles. The van der Waals surface area contributed by atoms with Crippen molar-refractivity contribution in [3.63, 3.8) is 0 Å². The van der Waals surface area contributed by atoms with Crippen molar-refractivity contribution in [3.05, 3.63) is 59.5 Å². The van der Waals surface area contributed by atoms with Crippen molar-refractivity contribution in [3.8, 4) is 11.3 Å². The number of nitrogens with one attached hydrogen (secondary N) is 1. The largest absolute Gasteiger partial charge is 0.368 e. The first kappa shape index (κ1) is 29.1. The van der Waals surface area contributed by atoms with Gasteiger partial charge in [0, 0.05) is 76.4 Å². The number of nitrogens with zero attached hydrogens (tertiary/aromatic N) is 7. The van der Waals surface area contributed by atoms with Crippen molar-refractivity contribution in [2.24, 2.45) is 0 Å². The van der Waals surface area contributed by atoms with Crippen molar-refractivity contribution in [2.75, 3.05) is 62.7 Å². The van der Waals surface area contributed by atoms with Crippen LogP contribution in [0.3, 0.4) is 0 Å². The summed E-state index contributed by atoms with van der Waals surface area (Å²) in [5.74, 6) is 0.797. The van der Waals surface area contributed by atoms with Gasteiger partial charge in [-0.3, -0.25) is 18.9 Å². The van der Waals surface area contributed by atoms with E-state index in [1.807, 2.05) is 17.3 Å². The van der Waals surface area contributed by atoms with Gasteiger partial charge in [-0.1, -0.05) is 6.92 Å². The number of thiazole rings is 1. The molecule has 2 aliphatic rings. The van der Waals surface area contributed by atoms with Crippen molar-refractivity contribution in [1.82, 2.24) is 29.5 Å². The molecule has 1 atom stereocenters. The summed E-state index contributed by atoms with van der Waals surface area (Å²) >= 11 is 1.55. The second-order valence-electron chi connectivity index (χ2n) is 11.2. The molecule has 12 heteroatoms. The maximum absolute atomic E-state index is 13.4. The number of hydrogen-bond acceptors (Lipinski definition) is 8. The van der Waals surface area contributed by atoms with E-state index < -0.39 is 0 Å². The average molecular weight is 605 g/mol. The zero-order chi connectivity index (χ0) is 30.1. The first-order valence-electron chi connectivity index (χ1n) is 14.8. The number of carbonyl (C=O) groups is 2. The van der Waals surface area contributed by atoms with Crippen LogP contribution >= 0.6 is 11.3 Å². The molecule has 6 rings (SSSR count). The van der Waals surface area contributed by atoms with Crippen LogP contribution in [-0.2, 0) is 16.0 Å². The number of piperazine rings is 1. The van der Waals surface area contributed by atoms with E-state index in [1.165, 1.54) is 19.1 Å². The number of carbonyl (C=O) groups excluding carboxylic acids is 2. The lowest BCUT2D eigenvalue weighted by molar-refractivity contribution is -0.131. The second kappa shape index (κ2) is 12.3. The van der Waals surface area contributed by atoms with Crippen LogP contribution in [0.2, 0.25) is 0 Å². The van der Waals surface area contributed by atoms with E-state index in [0.29, 0.717) is 19.6 Å². The van der Waals surface area contributed by atoms with Crippen LogP contribution in [0, 0.1) is 5.82 Å². The maximum atomic E-state index is 13.4. The zero-order valence-corrected chi connectivity index (χ0v) is 25.6. The Kier molecular flexibility index (Phi) is 8.31. The van der Waals surface area contributed by atoms with Gasteiger partial charge in [0.1, 0.15) is 17.3 Å². The van der Waals surface area contributed by atoms with Gasteiger partial charge in [0.2, 0.25) is 11.8 Å². The Labute approximate surface area is 254 Å². The molecule has 0 radical (unpaired) electrons. The topological polar surface area (TPSA) is 89.3 Å². The SMILES string of the molecule is CCc1nc2ccc(N3CCN(CC(=O)N4CCC(NC(C)=O)C4)CC3)cn2c1N(C)c1nc(-c2ccc(F)cc2)cs1. The molecular formula is C31H37FN8O2S. The minimum atomic E-state index is -0.264. The number of pyridine rings is 1. The zero-order valence-electron chi connectivity index (χ0n) is 24.8. The molecule has 1 unspecified atom stereocenters. The summed E-state index contributed by atoms with van der Waals surface area (Å²) < 4.78 is 15.6. The summed E-state index contributed by atoms with van der Waals surface area (Å²) in [6.07, 6.45) is 3.74. The van der Waals surface area contributed by atoms with Crippen molar-refractivity contribution in [2.45, 2.75) is 32.7 Å². The van der Waals surface area contributed by atoms with Crippen LogP contribution in [0.5, 0.6) is 0 Å². The Morgan fingerprint density at radius 1 is 1.07 bits per heavy atom. The van der Waals surface area contributed by atoms with E-state index in [0.717, 1.165) is 78.3 Å². The minimum absolute atomic E-state index is 0.0480. The van der Waals surface area contributed by atoms with E-state index in [9.17, 15) is 14.0 Å². The van der Waals surface area contributed by atoms with Gasteiger partial charge >= 0.3 is 0 Å². The van der Waals surface area contributed by atoms with Crippen LogP contribution < -0.4 is 15.1 Å². The molecule has 1 N–H and O–H groups in total. The Bertz CT molecular complexity index is 1610. The number of rotatable bonds is 8. The van der Waals surface area contributed by atoms with Crippen LogP contribution in [0.15, 0.2) is 48.0 Å². The Hall–Kier alpha value is -4.03. The summed E-state index contributed by atoms with van der Waals surface area (Å²) in [6, 6.07) is 10.6. The molecule has 226 valence electrons. The van der Waals surface area contributed by atoms with Gasteiger partial charge in [-0.05, 0) is 49.2 Å². The number of halogens is 1. The highest BCUT2D eigenvalue weighted by atomic mass is 32.1. The number of aryl methyl sites for hydroxylation is 1. The molecule has 5 heterocycles. The number of hydrogen-bond donors (Lipinski definition) is 1. The smallest absolute Gasteiger partial charge is 0.236 e. The van der Waals surface area contributed by atoms with E-state index in [1.54, 1.807) is 23.5 Å². The van der Waals surface area contributed by atoms with Crippen LogP contribution in [0.1, 0.15) is 26.0 Å². The molecule has 2 saturated heterocycles. The van der Waals surface area contributed by atoms with Gasteiger partial charge < -0.3 is 20.0 Å². The third-order valence-electron chi connectivity index (χ3n) is 8.26. The summed E-state index contributed by atoms with van der Waals surface area (Å²) in [7, 11) is 2.01. The lowest BCUT2D eigenvalue weighted by Crippen LogP contribution is -2.50. The molecule has 0 bridgehead atoms. The summed E-state index contributed by atoms with van der Waals surface area (Å²) in [4.78, 5) is 42.6. The first-order chi connectivity index (χ1) is 20.8. The van der Waals surface area contributed by atoms with Gasteiger partial charge in [-0.15, -0.1) is 11.3 Å². The van der Waals surface area contributed by atoms with Gasteiger partial charge in [0.25, 0.3) is 0 Å². The average Bonchev–Trinajstić information content (AvgIpc) is 3.76. The maximum Gasteiger partial charge on any atom is 0.236 e. The van der Waals surface area contributed by atoms with E-state index in [4.69, 9.17) is 9.97 Å². The number of likely N-dealkylation sites (tertiary alicyclic amines) is 1. The van der Waals surface area contributed by atoms with Gasteiger partial charge in [-0.2, -0.15) is 0 Å². The molecule has 0 spiro atoms. The second-order valence-corrected chi connectivity index (χ2v) is 12.1. The fourth-order valence-corrected chi connectivity index (χ4v) is 6.76. The van der Waals surface area contributed by atoms with Crippen molar-refractivity contribution >= 4 is 45.4 Å². The number of amides is 2. The van der Waals surface area contributed by atoms with Gasteiger partial charge in [0.05, 0.1) is 23.6 Å². The number of imidazole rings is 1. The molecule has 0 aliphatic carbocycles. The van der Waals surface area contributed by atoms with E-state index in [-0.39, 0.29) is 23.7 Å². The fourth-order valence-electron chi connectivity index (χ4n) is 5.96. The third kappa shape index (κ3) is 6.21. The predicted molar refractivity (Wildman–Crippen MR) is 168 cm³/mol. The highest BCUT2D eigenvalue weighted by molar-refractivity contribution is 7.14. The molecular weight excluding hydrogens is 567 g/mol. The summed E-state index contributed by atoms with van der Waals surface area (Å²) in [5.41, 5.74) is 4.67. The molecule has 2 fully saturated rings. The van der Waals surface area contributed by atoms with Crippen LogP contribution in [0.25, 0.3) is 16.9 Å². The quantitative estimate of drug-likeness (QED) is 0.328. The van der Waals surface area contributed by atoms with Crippen LogP contribution in [-0.4, -0.2) is 94.9 Å². The van der Waals surface area contributed by atoms with E-state index >= 15 is 0 Å². The van der Waals surface area contributed by atoms with Gasteiger partial charge in [-0.25, -0.2) is 14.4 Å². The molecule has 1 aromatic carbocycles. The summed E-state index contributed by atoms with van der Waals surface area (Å²) in [5, 5.41) is 5.75. The Morgan fingerprint density at radius 3 is 2.56 bits per heavy atom.